The molecule has 3 atom stereocenters. The van der Waals surface area contributed by atoms with E-state index in [-0.39, 0.29) is 11.5 Å². The van der Waals surface area contributed by atoms with Crippen LogP contribution in [-0.4, -0.2) is 10.9 Å². The summed E-state index contributed by atoms with van der Waals surface area (Å²) in [7, 11) is 0. The van der Waals surface area contributed by atoms with Crippen molar-refractivity contribution >= 4 is 39.1 Å². The lowest BCUT2D eigenvalue weighted by atomic mass is 9.65. The van der Waals surface area contributed by atoms with Crippen LogP contribution in [0.25, 0.3) is 0 Å². The van der Waals surface area contributed by atoms with E-state index in [9.17, 15) is 0 Å². The standard InChI is InChI=1S/C13H15BrCl2O/c1-3-13(2)10(14)7-11(13)17-12-8(15)5-4-6-9(12)16/h4-6,10-11H,3,7H2,1-2H3. The third-order valence-corrected chi connectivity index (χ3v) is 5.83. The fraction of sp³-hybridized carbons (Fsp3) is 0.538. The van der Waals surface area contributed by atoms with Gasteiger partial charge in [0.1, 0.15) is 6.10 Å². The zero-order valence-electron chi connectivity index (χ0n) is 9.84. The van der Waals surface area contributed by atoms with Gasteiger partial charge in [-0.1, -0.05) is 59.0 Å². The van der Waals surface area contributed by atoms with Gasteiger partial charge in [-0.15, -0.1) is 0 Å². The van der Waals surface area contributed by atoms with Crippen molar-refractivity contribution in [3.63, 3.8) is 0 Å². The number of hydrogen-bond acceptors (Lipinski definition) is 1. The van der Waals surface area contributed by atoms with Gasteiger partial charge in [-0.3, -0.25) is 0 Å². The van der Waals surface area contributed by atoms with Gasteiger partial charge in [0.2, 0.25) is 0 Å². The monoisotopic (exact) mass is 336 g/mol. The van der Waals surface area contributed by atoms with Crippen LogP contribution in [0, 0.1) is 5.41 Å². The predicted octanol–water partition coefficient (Wildman–Crippen LogP) is 5.32. The zero-order valence-corrected chi connectivity index (χ0v) is 12.9. The smallest absolute Gasteiger partial charge is 0.156 e. The summed E-state index contributed by atoms with van der Waals surface area (Å²) in [6.45, 7) is 4.41. The maximum absolute atomic E-state index is 6.11. The van der Waals surface area contributed by atoms with Crippen LogP contribution in [-0.2, 0) is 0 Å². The molecule has 17 heavy (non-hydrogen) atoms. The maximum atomic E-state index is 6.11. The molecule has 0 spiro atoms. The third kappa shape index (κ3) is 2.32. The summed E-state index contributed by atoms with van der Waals surface area (Å²) in [5, 5.41) is 1.16. The fourth-order valence-corrected chi connectivity index (χ4v) is 3.58. The minimum Gasteiger partial charge on any atom is -0.487 e. The lowest BCUT2D eigenvalue weighted by Gasteiger charge is -2.50. The Morgan fingerprint density at radius 2 is 2.00 bits per heavy atom. The topological polar surface area (TPSA) is 9.23 Å². The Kier molecular flexibility index (Phi) is 3.96. The Morgan fingerprint density at radius 3 is 2.47 bits per heavy atom. The Bertz CT molecular complexity index is 404. The molecule has 1 aromatic rings. The Morgan fingerprint density at radius 1 is 1.41 bits per heavy atom. The van der Waals surface area contributed by atoms with Crippen molar-refractivity contribution in [2.45, 2.75) is 37.6 Å². The van der Waals surface area contributed by atoms with Gasteiger partial charge < -0.3 is 4.74 Å². The van der Waals surface area contributed by atoms with E-state index >= 15 is 0 Å². The van der Waals surface area contributed by atoms with Crippen molar-refractivity contribution in [3.8, 4) is 5.75 Å². The number of benzene rings is 1. The molecule has 0 N–H and O–H groups in total. The Balaban J connectivity index is 2.18. The molecule has 4 heteroatoms. The third-order valence-electron chi connectivity index (χ3n) is 3.81. The van der Waals surface area contributed by atoms with Gasteiger partial charge in [0.05, 0.1) is 10.0 Å². The van der Waals surface area contributed by atoms with Gasteiger partial charge >= 0.3 is 0 Å². The van der Waals surface area contributed by atoms with E-state index in [4.69, 9.17) is 27.9 Å². The minimum absolute atomic E-state index is 0.155. The molecule has 1 fully saturated rings. The second-order valence-corrected chi connectivity index (χ2v) is 6.64. The van der Waals surface area contributed by atoms with Crippen LogP contribution < -0.4 is 4.74 Å². The predicted molar refractivity (Wildman–Crippen MR) is 76.6 cm³/mol. The van der Waals surface area contributed by atoms with Crippen molar-refractivity contribution in [1.29, 1.82) is 0 Å². The van der Waals surface area contributed by atoms with Crippen LogP contribution in [0.5, 0.6) is 5.75 Å². The zero-order chi connectivity index (χ0) is 12.6. The quantitative estimate of drug-likeness (QED) is 0.678. The molecule has 1 aliphatic rings. The highest BCUT2D eigenvalue weighted by atomic mass is 79.9. The SMILES string of the molecule is CCC1(C)C(Br)CC1Oc1c(Cl)cccc1Cl. The molecule has 0 radical (unpaired) electrons. The first-order valence-electron chi connectivity index (χ1n) is 5.73. The van der Waals surface area contributed by atoms with Gasteiger partial charge in [-0.05, 0) is 25.0 Å². The molecule has 0 amide bonds. The van der Waals surface area contributed by atoms with E-state index in [1.54, 1.807) is 12.1 Å². The molecule has 3 unspecified atom stereocenters. The van der Waals surface area contributed by atoms with Gasteiger partial charge in [-0.25, -0.2) is 0 Å². The molecule has 94 valence electrons. The van der Waals surface area contributed by atoms with Crippen LogP contribution in [0.4, 0.5) is 0 Å². The largest absolute Gasteiger partial charge is 0.487 e. The first-order chi connectivity index (χ1) is 7.99. The van der Waals surface area contributed by atoms with E-state index in [1.807, 2.05) is 6.07 Å². The molecule has 1 saturated carbocycles. The highest BCUT2D eigenvalue weighted by Crippen LogP contribution is 2.51. The highest BCUT2D eigenvalue weighted by molar-refractivity contribution is 9.09. The van der Waals surface area contributed by atoms with Crippen LogP contribution in [0.15, 0.2) is 18.2 Å². The van der Waals surface area contributed by atoms with E-state index in [0.29, 0.717) is 20.6 Å². The van der Waals surface area contributed by atoms with Crippen LogP contribution in [0.1, 0.15) is 26.7 Å². The molecule has 0 aliphatic heterocycles. The average molecular weight is 338 g/mol. The second kappa shape index (κ2) is 4.99. The van der Waals surface area contributed by atoms with Gasteiger partial charge in [0.15, 0.2) is 5.75 Å². The van der Waals surface area contributed by atoms with E-state index in [2.05, 4.69) is 29.8 Å². The molecule has 0 heterocycles. The summed E-state index contributed by atoms with van der Waals surface area (Å²) in [6, 6.07) is 5.43. The van der Waals surface area contributed by atoms with Crippen LogP contribution in [0.3, 0.4) is 0 Å². The van der Waals surface area contributed by atoms with Crippen molar-refractivity contribution in [2.75, 3.05) is 0 Å². The molecule has 0 aromatic heterocycles. The maximum Gasteiger partial charge on any atom is 0.156 e. The molecular weight excluding hydrogens is 323 g/mol. The first-order valence-corrected chi connectivity index (χ1v) is 7.41. The summed E-state index contributed by atoms with van der Waals surface area (Å²) in [6.07, 6.45) is 2.23. The number of ether oxygens (including phenoxy) is 1. The summed E-state index contributed by atoms with van der Waals surface area (Å²) >= 11 is 15.9. The molecule has 2 rings (SSSR count). The Hall–Kier alpha value is 0.0800. The average Bonchev–Trinajstić information content (AvgIpc) is 2.31. The van der Waals surface area contributed by atoms with Crippen molar-refractivity contribution in [1.82, 2.24) is 0 Å². The van der Waals surface area contributed by atoms with Crippen molar-refractivity contribution in [3.05, 3.63) is 28.2 Å². The van der Waals surface area contributed by atoms with E-state index in [0.717, 1.165) is 12.8 Å². The minimum atomic E-state index is 0.155. The molecule has 1 aliphatic carbocycles. The molecule has 0 saturated heterocycles. The summed E-state index contributed by atoms with van der Waals surface area (Å²) in [5.41, 5.74) is 0.155. The lowest BCUT2D eigenvalue weighted by Crippen LogP contribution is -2.54. The second-order valence-electron chi connectivity index (χ2n) is 4.72. The summed E-state index contributed by atoms with van der Waals surface area (Å²) in [5.74, 6) is 0.611. The molecule has 1 aromatic carbocycles. The van der Waals surface area contributed by atoms with E-state index < -0.39 is 0 Å². The number of para-hydroxylation sites is 1. The summed E-state index contributed by atoms with van der Waals surface area (Å²) < 4.78 is 5.99. The van der Waals surface area contributed by atoms with Gasteiger partial charge in [-0.2, -0.15) is 0 Å². The normalized spacial score (nSPS) is 32.1. The summed E-state index contributed by atoms with van der Waals surface area (Å²) in [4.78, 5) is 0.506. The van der Waals surface area contributed by atoms with Crippen LogP contribution >= 0.6 is 39.1 Å². The van der Waals surface area contributed by atoms with Crippen molar-refractivity contribution < 1.29 is 4.74 Å². The van der Waals surface area contributed by atoms with Crippen molar-refractivity contribution in [2.24, 2.45) is 5.41 Å². The lowest BCUT2D eigenvalue weighted by molar-refractivity contribution is -0.0242. The van der Waals surface area contributed by atoms with Gasteiger partial charge in [0.25, 0.3) is 0 Å². The number of halogens is 3. The van der Waals surface area contributed by atoms with Gasteiger partial charge in [0, 0.05) is 10.2 Å². The first kappa shape index (κ1) is 13.5. The van der Waals surface area contributed by atoms with Crippen LogP contribution in [0.2, 0.25) is 10.0 Å². The number of rotatable bonds is 3. The molecule has 0 bridgehead atoms. The van der Waals surface area contributed by atoms with E-state index in [1.165, 1.54) is 0 Å². The Labute approximate surface area is 121 Å². The molecular formula is C13H15BrCl2O. The highest BCUT2D eigenvalue weighted by Gasteiger charge is 2.51. The number of alkyl halides is 1. The number of hydrogen-bond donors (Lipinski definition) is 0. The fourth-order valence-electron chi connectivity index (χ4n) is 2.14. The molecule has 1 nitrogen and oxygen atoms in total.